The van der Waals surface area contributed by atoms with E-state index in [0.29, 0.717) is 0 Å². The average molecular weight is 802 g/mol. The molecule has 1 aromatic heterocycles. The maximum absolute atomic E-state index is 6.50. The van der Waals surface area contributed by atoms with E-state index in [1.165, 1.54) is 77.5 Å². The summed E-state index contributed by atoms with van der Waals surface area (Å²) in [6, 6.07) is 41.1. The SMILES string of the molecule is CC1(C)C2=CC=CCC(N(c3ccc(C4=CCC=C=CC=C4)cc3)c3ccc(C4C=c5oc6ccccc6/c5=C/CC=CC4)cc3)=C2c2cc3c(cc21)-c1ccccc1C3(C)C. The van der Waals surface area contributed by atoms with Crippen LogP contribution in [0.1, 0.15) is 92.7 Å². The van der Waals surface area contributed by atoms with Crippen LogP contribution in [0.2, 0.25) is 0 Å². The molecular formula is C60H51NO. The fourth-order valence-corrected chi connectivity index (χ4v) is 10.7. The molecule has 2 heteroatoms. The van der Waals surface area contributed by atoms with Crippen molar-refractivity contribution >= 4 is 45.6 Å². The summed E-state index contributed by atoms with van der Waals surface area (Å²) in [6.45, 7) is 9.63. The second-order valence-corrected chi connectivity index (χ2v) is 18.3. The molecule has 1 atom stereocenters. The Balaban J connectivity index is 1.08. The van der Waals surface area contributed by atoms with Crippen LogP contribution in [0, 0.1) is 0 Å². The van der Waals surface area contributed by atoms with Gasteiger partial charge in [0.1, 0.15) is 11.0 Å². The lowest BCUT2D eigenvalue weighted by molar-refractivity contribution is 0.571. The van der Waals surface area contributed by atoms with Crippen LogP contribution in [0.3, 0.4) is 0 Å². The number of rotatable bonds is 5. The Morgan fingerprint density at radius 2 is 1.44 bits per heavy atom. The van der Waals surface area contributed by atoms with Crippen LogP contribution < -0.4 is 15.5 Å². The van der Waals surface area contributed by atoms with Crippen LogP contribution in [0.15, 0.2) is 191 Å². The predicted molar refractivity (Wildman–Crippen MR) is 261 cm³/mol. The summed E-state index contributed by atoms with van der Waals surface area (Å²) >= 11 is 0. The molecule has 0 radical (unpaired) electrons. The molecule has 62 heavy (non-hydrogen) atoms. The van der Waals surface area contributed by atoms with Crippen molar-refractivity contribution in [1.29, 1.82) is 0 Å². The molecule has 0 amide bonds. The fraction of sp³-hybridized carbons (Fsp3) is 0.183. The van der Waals surface area contributed by atoms with Gasteiger partial charge >= 0.3 is 0 Å². The third-order valence-corrected chi connectivity index (χ3v) is 14.0. The molecule has 5 aromatic carbocycles. The summed E-state index contributed by atoms with van der Waals surface area (Å²) < 4.78 is 6.50. The van der Waals surface area contributed by atoms with Crippen molar-refractivity contribution in [3.05, 3.63) is 231 Å². The fourth-order valence-electron chi connectivity index (χ4n) is 10.7. The number of nitrogens with zero attached hydrogens (tertiary/aromatic N) is 1. The second kappa shape index (κ2) is 14.9. The van der Waals surface area contributed by atoms with Crippen molar-refractivity contribution in [1.82, 2.24) is 0 Å². The Labute approximate surface area is 365 Å². The lowest BCUT2D eigenvalue weighted by atomic mass is 9.79. The summed E-state index contributed by atoms with van der Waals surface area (Å²) in [5, 5.41) is 2.37. The molecule has 0 aliphatic heterocycles. The van der Waals surface area contributed by atoms with E-state index in [4.69, 9.17) is 4.42 Å². The Kier molecular flexibility index (Phi) is 9.18. The number of anilines is 2. The number of hydrogen-bond acceptors (Lipinski definition) is 2. The first-order valence-corrected chi connectivity index (χ1v) is 22.3. The zero-order valence-electron chi connectivity index (χ0n) is 36.1. The molecule has 0 fully saturated rings. The quantitative estimate of drug-likeness (QED) is 0.128. The summed E-state index contributed by atoms with van der Waals surface area (Å²) in [4.78, 5) is 2.54. The molecule has 1 heterocycles. The largest absolute Gasteiger partial charge is 0.456 e. The molecule has 5 aliphatic carbocycles. The van der Waals surface area contributed by atoms with E-state index in [1.54, 1.807) is 0 Å². The molecule has 0 saturated carbocycles. The highest BCUT2D eigenvalue weighted by molar-refractivity contribution is 5.98. The van der Waals surface area contributed by atoms with Gasteiger partial charge in [-0.05, 0) is 136 Å². The Morgan fingerprint density at radius 1 is 0.677 bits per heavy atom. The number of para-hydroxylation sites is 1. The third kappa shape index (κ3) is 6.24. The number of benzene rings is 5. The highest BCUT2D eigenvalue weighted by Crippen LogP contribution is 2.58. The van der Waals surface area contributed by atoms with Gasteiger partial charge in [-0.15, -0.1) is 5.73 Å². The summed E-state index contributed by atoms with van der Waals surface area (Å²) in [5.41, 5.74) is 23.2. The van der Waals surface area contributed by atoms with Crippen LogP contribution in [-0.2, 0) is 10.8 Å². The third-order valence-electron chi connectivity index (χ3n) is 14.0. The Bertz CT molecular complexity index is 3200. The standard InChI is InChI=1S/C60H51NO/c1-59(2)51-25-15-13-22-46(51)49-38-54-50(39-53(49)59)58-52(60(54,3)4)26-16-17-27-55(58)61(44-33-29-41(30-34-44)40-19-9-6-5-7-10-20-40)45-35-31-42(32-36-45)43-21-11-8-12-23-48-47-24-14-18-28-56(47)62-57(48)37-43/h6-9,11,13-20,22-26,28-39,43H,10,12,21,27H2,1-4H3/b11-8?,19-9?,40-20?,48-23-,57-37?. The first-order chi connectivity index (χ1) is 30.3. The average Bonchev–Trinajstić information content (AvgIpc) is 3.75. The molecule has 11 rings (SSSR count). The maximum atomic E-state index is 6.50. The van der Waals surface area contributed by atoms with Crippen LogP contribution in [0.25, 0.3) is 45.4 Å². The van der Waals surface area contributed by atoms with Crippen LogP contribution >= 0.6 is 0 Å². The predicted octanol–water partition coefficient (Wildman–Crippen LogP) is 14.2. The monoisotopic (exact) mass is 801 g/mol. The van der Waals surface area contributed by atoms with E-state index in [1.807, 2.05) is 6.08 Å². The van der Waals surface area contributed by atoms with Gasteiger partial charge in [-0.1, -0.05) is 149 Å². The van der Waals surface area contributed by atoms with Gasteiger partial charge in [-0.2, -0.15) is 0 Å². The van der Waals surface area contributed by atoms with Gasteiger partial charge < -0.3 is 9.32 Å². The lowest BCUT2D eigenvalue weighted by Crippen LogP contribution is -2.21. The minimum absolute atomic E-state index is 0.0955. The molecule has 0 spiro atoms. The van der Waals surface area contributed by atoms with Crippen molar-refractivity contribution in [3.63, 3.8) is 0 Å². The van der Waals surface area contributed by atoms with Crippen LogP contribution in [0.4, 0.5) is 11.4 Å². The van der Waals surface area contributed by atoms with Gasteiger partial charge in [0.15, 0.2) is 0 Å². The molecule has 1 unspecified atom stereocenters. The summed E-state index contributed by atoms with van der Waals surface area (Å²) in [7, 11) is 0. The topological polar surface area (TPSA) is 16.4 Å². The van der Waals surface area contributed by atoms with Crippen molar-refractivity contribution in [2.75, 3.05) is 4.90 Å². The maximum Gasteiger partial charge on any atom is 0.135 e. The smallest absolute Gasteiger partial charge is 0.135 e. The van der Waals surface area contributed by atoms with Gasteiger partial charge in [0, 0.05) is 56.4 Å². The van der Waals surface area contributed by atoms with Gasteiger partial charge in [-0.25, -0.2) is 0 Å². The van der Waals surface area contributed by atoms with Crippen molar-refractivity contribution in [2.24, 2.45) is 0 Å². The Hall–Kier alpha value is -6.86. The highest BCUT2D eigenvalue weighted by Gasteiger charge is 2.44. The van der Waals surface area contributed by atoms with E-state index in [0.717, 1.165) is 48.1 Å². The van der Waals surface area contributed by atoms with Gasteiger partial charge in [0.25, 0.3) is 0 Å². The number of furan rings is 1. The first-order valence-electron chi connectivity index (χ1n) is 22.3. The van der Waals surface area contributed by atoms with Gasteiger partial charge in [-0.3, -0.25) is 0 Å². The molecule has 5 aliphatic rings. The van der Waals surface area contributed by atoms with Crippen molar-refractivity contribution in [2.45, 2.75) is 70.1 Å². The number of allylic oxidation sites excluding steroid dienone is 12. The molecule has 0 saturated heterocycles. The molecule has 0 N–H and O–H groups in total. The normalized spacial score (nSPS) is 19.5. The minimum atomic E-state index is -0.187. The molecular weight excluding hydrogens is 751 g/mol. The highest BCUT2D eigenvalue weighted by atomic mass is 16.3. The van der Waals surface area contributed by atoms with E-state index in [9.17, 15) is 0 Å². The zero-order chi connectivity index (χ0) is 42.0. The van der Waals surface area contributed by atoms with E-state index < -0.39 is 0 Å². The van der Waals surface area contributed by atoms with Gasteiger partial charge in [0.05, 0.1) is 0 Å². The molecule has 0 bridgehead atoms. The number of hydrogen-bond donors (Lipinski definition) is 0. The molecule has 6 aromatic rings. The molecule has 302 valence electrons. The second-order valence-electron chi connectivity index (χ2n) is 18.3. The van der Waals surface area contributed by atoms with E-state index in [2.05, 4.69) is 214 Å². The number of fused-ring (bicyclic) bond motifs is 9. The van der Waals surface area contributed by atoms with Crippen molar-refractivity contribution in [3.8, 4) is 11.1 Å². The van der Waals surface area contributed by atoms with Gasteiger partial charge in [0.2, 0.25) is 0 Å². The summed E-state index contributed by atoms with van der Waals surface area (Å²) in [6.07, 6.45) is 30.4. The van der Waals surface area contributed by atoms with Crippen LogP contribution in [-0.4, -0.2) is 0 Å². The van der Waals surface area contributed by atoms with E-state index >= 15 is 0 Å². The summed E-state index contributed by atoms with van der Waals surface area (Å²) in [5.74, 6) is 0.170. The van der Waals surface area contributed by atoms with Crippen LogP contribution in [0.5, 0.6) is 0 Å². The van der Waals surface area contributed by atoms with Crippen molar-refractivity contribution < 1.29 is 4.42 Å². The minimum Gasteiger partial charge on any atom is -0.456 e. The molecule has 2 nitrogen and oxygen atoms in total. The zero-order valence-corrected chi connectivity index (χ0v) is 36.1. The first kappa shape index (κ1) is 38.1. The Morgan fingerprint density at radius 3 is 2.29 bits per heavy atom. The lowest BCUT2D eigenvalue weighted by Gasteiger charge is -2.31. The van der Waals surface area contributed by atoms with E-state index in [-0.39, 0.29) is 16.7 Å².